The smallest absolute Gasteiger partial charge is 0.334 e. The van der Waals surface area contributed by atoms with Crippen LogP contribution in [0.4, 0.5) is 0 Å². The molecule has 0 saturated carbocycles. The van der Waals surface area contributed by atoms with Crippen LogP contribution in [-0.2, 0) is 16.0 Å². The molecule has 3 heteroatoms. The molecule has 15 heavy (non-hydrogen) atoms. The predicted octanol–water partition coefficient (Wildman–Crippen LogP) is 1.72. The highest BCUT2D eigenvalue weighted by Crippen LogP contribution is 2.18. The van der Waals surface area contributed by atoms with E-state index >= 15 is 0 Å². The summed E-state index contributed by atoms with van der Waals surface area (Å²) < 4.78 is 9.94. The monoisotopic (exact) mass is 204 g/mol. The van der Waals surface area contributed by atoms with Gasteiger partial charge in [-0.15, -0.1) is 0 Å². The van der Waals surface area contributed by atoms with E-state index in [0.29, 0.717) is 13.0 Å². The van der Waals surface area contributed by atoms with Crippen molar-refractivity contribution < 1.29 is 14.3 Å². The molecule has 1 heterocycles. The van der Waals surface area contributed by atoms with E-state index in [4.69, 9.17) is 9.47 Å². The summed E-state index contributed by atoms with van der Waals surface area (Å²) in [6.45, 7) is 0.401. The van der Waals surface area contributed by atoms with Crippen LogP contribution in [0.5, 0.6) is 5.75 Å². The lowest BCUT2D eigenvalue weighted by Gasteiger charge is -2.03. The Kier molecular flexibility index (Phi) is 2.72. The van der Waals surface area contributed by atoms with E-state index in [-0.39, 0.29) is 5.97 Å². The van der Waals surface area contributed by atoms with Gasteiger partial charge in [-0.05, 0) is 23.8 Å². The molecule has 0 spiro atoms. The molecular weight excluding hydrogens is 192 g/mol. The van der Waals surface area contributed by atoms with Crippen LogP contribution < -0.4 is 4.74 Å². The minimum absolute atomic E-state index is 0.210. The molecule has 1 aliphatic heterocycles. The number of benzene rings is 1. The van der Waals surface area contributed by atoms with E-state index in [0.717, 1.165) is 16.9 Å². The van der Waals surface area contributed by atoms with Crippen molar-refractivity contribution in [2.45, 2.75) is 6.42 Å². The SMILES string of the molecule is COc1cccc(CC2=CCOC2=O)c1. The summed E-state index contributed by atoms with van der Waals surface area (Å²) in [6.07, 6.45) is 2.43. The summed E-state index contributed by atoms with van der Waals surface area (Å²) in [5, 5.41) is 0. The molecule has 0 bridgehead atoms. The second-order valence-corrected chi connectivity index (χ2v) is 3.36. The minimum atomic E-state index is -0.210. The van der Waals surface area contributed by atoms with E-state index in [9.17, 15) is 4.79 Å². The normalized spacial score (nSPS) is 14.7. The summed E-state index contributed by atoms with van der Waals surface area (Å²) in [4.78, 5) is 11.2. The van der Waals surface area contributed by atoms with Gasteiger partial charge in [0.2, 0.25) is 0 Å². The maximum Gasteiger partial charge on any atom is 0.334 e. The molecule has 0 aromatic heterocycles. The average molecular weight is 204 g/mol. The van der Waals surface area contributed by atoms with E-state index in [2.05, 4.69) is 0 Å². The lowest BCUT2D eigenvalue weighted by molar-refractivity contribution is -0.136. The van der Waals surface area contributed by atoms with Gasteiger partial charge in [0, 0.05) is 12.0 Å². The van der Waals surface area contributed by atoms with E-state index < -0.39 is 0 Å². The number of carbonyl (C=O) groups is 1. The van der Waals surface area contributed by atoms with Gasteiger partial charge in [-0.2, -0.15) is 0 Å². The third-order valence-electron chi connectivity index (χ3n) is 2.34. The summed E-state index contributed by atoms with van der Waals surface area (Å²) in [6, 6.07) is 7.68. The third-order valence-corrected chi connectivity index (χ3v) is 2.34. The maximum absolute atomic E-state index is 11.2. The molecule has 0 fully saturated rings. The Morgan fingerprint density at radius 2 is 2.33 bits per heavy atom. The molecule has 0 saturated heterocycles. The van der Waals surface area contributed by atoms with Gasteiger partial charge in [-0.1, -0.05) is 12.1 Å². The average Bonchev–Trinajstić information content (AvgIpc) is 2.65. The van der Waals surface area contributed by atoms with Crippen molar-refractivity contribution >= 4 is 5.97 Å². The van der Waals surface area contributed by atoms with Crippen LogP contribution in [0.15, 0.2) is 35.9 Å². The minimum Gasteiger partial charge on any atom is -0.497 e. The lowest BCUT2D eigenvalue weighted by atomic mass is 10.1. The summed E-state index contributed by atoms with van der Waals surface area (Å²) >= 11 is 0. The van der Waals surface area contributed by atoms with Gasteiger partial charge in [-0.25, -0.2) is 4.79 Å². The fourth-order valence-corrected chi connectivity index (χ4v) is 1.54. The van der Waals surface area contributed by atoms with Gasteiger partial charge >= 0.3 is 5.97 Å². The zero-order valence-corrected chi connectivity index (χ0v) is 8.53. The molecule has 0 unspecified atom stereocenters. The summed E-state index contributed by atoms with van der Waals surface area (Å²) in [5.74, 6) is 0.595. The number of hydrogen-bond acceptors (Lipinski definition) is 3. The molecule has 0 radical (unpaired) electrons. The fraction of sp³-hybridized carbons (Fsp3) is 0.250. The van der Waals surface area contributed by atoms with Crippen molar-refractivity contribution in [1.82, 2.24) is 0 Å². The van der Waals surface area contributed by atoms with Gasteiger partial charge in [0.15, 0.2) is 0 Å². The molecule has 1 aliphatic rings. The summed E-state index contributed by atoms with van der Waals surface area (Å²) in [7, 11) is 1.63. The zero-order chi connectivity index (χ0) is 10.7. The number of carbonyl (C=O) groups excluding carboxylic acids is 1. The first-order valence-electron chi connectivity index (χ1n) is 4.78. The van der Waals surface area contributed by atoms with E-state index in [1.54, 1.807) is 7.11 Å². The molecule has 0 atom stereocenters. The Balaban J connectivity index is 2.13. The lowest BCUT2D eigenvalue weighted by Crippen LogP contribution is -2.02. The van der Waals surface area contributed by atoms with Crippen LogP contribution in [0, 0.1) is 0 Å². The number of rotatable bonds is 3. The van der Waals surface area contributed by atoms with Crippen LogP contribution in [0.1, 0.15) is 5.56 Å². The van der Waals surface area contributed by atoms with Gasteiger partial charge in [0.1, 0.15) is 12.4 Å². The Hall–Kier alpha value is -1.77. The van der Waals surface area contributed by atoms with Crippen LogP contribution >= 0.6 is 0 Å². The van der Waals surface area contributed by atoms with Crippen LogP contribution in [0.2, 0.25) is 0 Å². The number of esters is 1. The number of methoxy groups -OCH3 is 1. The molecule has 2 rings (SSSR count). The molecule has 0 aliphatic carbocycles. The van der Waals surface area contributed by atoms with E-state index in [1.165, 1.54) is 0 Å². The first-order valence-corrected chi connectivity index (χ1v) is 4.78. The molecular formula is C12H12O3. The standard InChI is InChI=1S/C12H12O3/c1-14-11-4-2-3-9(8-11)7-10-5-6-15-12(10)13/h2-5,8H,6-7H2,1H3. The first-order chi connectivity index (χ1) is 7.29. The second-order valence-electron chi connectivity index (χ2n) is 3.36. The topological polar surface area (TPSA) is 35.5 Å². The van der Waals surface area contributed by atoms with Crippen LogP contribution in [-0.4, -0.2) is 19.7 Å². The number of cyclic esters (lactones) is 1. The Morgan fingerprint density at radius 3 is 3.00 bits per heavy atom. The first kappa shape index (κ1) is 9.77. The quantitative estimate of drug-likeness (QED) is 0.703. The Labute approximate surface area is 88.3 Å². The van der Waals surface area contributed by atoms with Crippen molar-refractivity contribution in [3.8, 4) is 5.75 Å². The highest BCUT2D eigenvalue weighted by atomic mass is 16.5. The Bertz CT molecular complexity index is 407. The maximum atomic E-state index is 11.2. The number of ether oxygens (including phenoxy) is 2. The van der Waals surface area contributed by atoms with Gasteiger partial charge in [0.05, 0.1) is 7.11 Å². The number of hydrogen-bond donors (Lipinski definition) is 0. The molecule has 1 aromatic carbocycles. The van der Waals surface area contributed by atoms with E-state index in [1.807, 2.05) is 30.3 Å². The van der Waals surface area contributed by atoms with Crippen molar-refractivity contribution in [2.24, 2.45) is 0 Å². The van der Waals surface area contributed by atoms with Crippen molar-refractivity contribution in [3.63, 3.8) is 0 Å². The highest BCUT2D eigenvalue weighted by Gasteiger charge is 2.16. The molecule has 0 amide bonds. The van der Waals surface area contributed by atoms with Crippen molar-refractivity contribution in [2.75, 3.05) is 13.7 Å². The van der Waals surface area contributed by atoms with Gasteiger partial charge in [0.25, 0.3) is 0 Å². The van der Waals surface area contributed by atoms with Crippen LogP contribution in [0.25, 0.3) is 0 Å². The molecule has 78 valence electrons. The van der Waals surface area contributed by atoms with Gasteiger partial charge < -0.3 is 9.47 Å². The zero-order valence-electron chi connectivity index (χ0n) is 8.53. The highest BCUT2D eigenvalue weighted by molar-refractivity contribution is 5.90. The van der Waals surface area contributed by atoms with Crippen LogP contribution in [0.3, 0.4) is 0 Å². The third kappa shape index (κ3) is 2.18. The Morgan fingerprint density at radius 1 is 1.47 bits per heavy atom. The summed E-state index contributed by atoms with van der Waals surface area (Å²) in [5.41, 5.74) is 1.78. The van der Waals surface area contributed by atoms with Crippen molar-refractivity contribution in [3.05, 3.63) is 41.5 Å². The fourth-order valence-electron chi connectivity index (χ4n) is 1.54. The second kappa shape index (κ2) is 4.17. The van der Waals surface area contributed by atoms with Gasteiger partial charge in [-0.3, -0.25) is 0 Å². The molecule has 3 nitrogen and oxygen atoms in total. The molecule has 1 aromatic rings. The predicted molar refractivity (Wildman–Crippen MR) is 55.7 cm³/mol. The molecule has 0 N–H and O–H groups in total. The van der Waals surface area contributed by atoms with Crippen molar-refractivity contribution in [1.29, 1.82) is 0 Å². The largest absolute Gasteiger partial charge is 0.497 e.